The maximum absolute atomic E-state index is 11.6. The van der Waals surface area contributed by atoms with E-state index in [1.807, 2.05) is 12.1 Å². The number of aryl methyl sites for hydroxylation is 1. The van der Waals surface area contributed by atoms with Crippen molar-refractivity contribution in [2.45, 2.75) is 25.2 Å². The molecule has 0 fully saturated rings. The zero-order chi connectivity index (χ0) is 14.1. The number of benzene rings is 1. The van der Waals surface area contributed by atoms with Crippen molar-refractivity contribution in [3.8, 4) is 0 Å². The highest BCUT2D eigenvalue weighted by atomic mass is 79.9. The minimum absolute atomic E-state index is 0.211. The number of hydrogen-bond acceptors (Lipinski definition) is 2. The monoisotopic (exact) mass is 330 g/mol. The number of nitrogens with zero attached hydrogens (tertiary/aromatic N) is 1. The van der Waals surface area contributed by atoms with Gasteiger partial charge in [-0.25, -0.2) is 0 Å². The molecule has 1 aliphatic rings. The summed E-state index contributed by atoms with van der Waals surface area (Å²) in [6.45, 7) is 0. The second-order valence-electron chi connectivity index (χ2n) is 5.09. The SMILES string of the molecule is NC(=O)c1ncccc1C1CCCc2cc(Br)ccc21. The summed E-state index contributed by atoms with van der Waals surface area (Å²) in [7, 11) is 0. The van der Waals surface area contributed by atoms with E-state index in [9.17, 15) is 4.79 Å². The molecular weight excluding hydrogens is 316 g/mol. The van der Waals surface area contributed by atoms with Gasteiger partial charge >= 0.3 is 0 Å². The molecule has 0 spiro atoms. The van der Waals surface area contributed by atoms with Gasteiger partial charge in [-0.3, -0.25) is 9.78 Å². The Bertz CT molecular complexity index is 669. The van der Waals surface area contributed by atoms with Crippen molar-refractivity contribution in [2.24, 2.45) is 5.73 Å². The molecule has 1 unspecified atom stereocenters. The van der Waals surface area contributed by atoms with Crippen LogP contribution in [0, 0.1) is 0 Å². The van der Waals surface area contributed by atoms with Gasteiger partial charge in [-0.2, -0.15) is 0 Å². The van der Waals surface area contributed by atoms with E-state index in [0.29, 0.717) is 5.69 Å². The fourth-order valence-electron chi connectivity index (χ4n) is 3.01. The van der Waals surface area contributed by atoms with Gasteiger partial charge in [0, 0.05) is 16.6 Å². The van der Waals surface area contributed by atoms with Gasteiger partial charge in [0.25, 0.3) is 5.91 Å². The molecule has 0 radical (unpaired) electrons. The second-order valence-corrected chi connectivity index (χ2v) is 6.01. The highest BCUT2D eigenvalue weighted by Crippen LogP contribution is 2.38. The van der Waals surface area contributed by atoms with Gasteiger partial charge in [0.15, 0.2) is 0 Å². The van der Waals surface area contributed by atoms with Gasteiger partial charge in [-0.1, -0.05) is 28.1 Å². The van der Waals surface area contributed by atoms with Crippen molar-refractivity contribution in [1.29, 1.82) is 0 Å². The van der Waals surface area contributed by atoms with Crippen LogP contribution >= 0.6 is 15.9 Å². The molecule has 102 valence electrons. The Morgan fingerprint density at radius 1 is 1.30 bits per heavy atom. The lowest BCUT2D eigenvalue weighted by atomic mass is 9.78. The third kappa shape index (κ3) is 2.36. The predicted octanol–water partition coefficient (Wildman–Crippen LogP) is 3.41. The van der Waals surface area contributed by atoms with E-state index in [4.69, 9.17) is 5.73 Å². The zero-order valence-electron chi connectivity index (χ0n) is 11.0. The standard InChI is InChI=1S/C16H15BrN2O/c17-11-6-7-12-10(9-11)3-1-4-13(12)14-5-2-8-19-15(14)16(18)20/h2,5-9,13H,1,3-4H2,(H2,18,20). The van der Waals surface area contributed by atoms with Crippen LogP contribution in [0.4, 0.5) is 0 Å². The molecule has 4 heteroatoms. The summed E-state index contributed by atoms with van der Waals surface area (Å²) in [5.74, 6) is -0.243. The first-order chi connectivity index (χ1) is 9.66. The van der Waals surface area contributed by atoms with Crippen LogP contribution in [-0.2, 0) is 6.42 Å². The first-order valence-electron chi connectivity index (χ1n) is 6.70. The van der Waals surface area contributed by atoms with Crippen molar-refractivity contribution in [2.75, 3.05) is 0 Å². The van der Waals surface area contributed by atoms with E-state index in [2.05, 4.69) is 39.1 Å². The Morgan fingerprint density at radius 2 is 2.15 bits per heavy atom. The average Bonchev–Trinajstić information content (AvgIpc) is 2.46. The lowest BCUT2D eigenvalue weighted by Crippen LogP contribution is -2.20. The highest BCUT2D eigenvalue weighted by Gasteiger charge is 2.25. The minimum atomic E-state index is -0.454. The molecule has 1 aliphatic carbocycles. The maximum atomic E-state index is 11.6. The van der Waals surface area contributed by atoms with Gasteiger partial charge in [0.05, 0.1) is 0 Å². The number of primary amides is 1. The number of carbonyl (C=O) groups excluding carboxylic acids is 1. The molecule has 20 heavy (non-hydrogen) atoms. The summed E-state index contributed by atoms with van der Waals surface area (Å²) in [5.41, 5.74) is 9.43. The Kier molecular flexibility index (Phi) is 3.57. The van der Waals surface area contributed by atoms with Crippen molar-refractivity contribution in [1.82, 2.24) is 4.98 Å². The van der Waals surface area contributed by atoms with Crippen molar-refractivity contribution >= 4 is 21.8 Å². The van der Waals surface area contributed by atoms with E-state index >= 15 is 0 Å². The van der Waals surface area contributed by atoms with Crippen LogP contribution in [0.5, 0.6) is 0 Å². The summed E-state index contributed by atoms with van der Waals surface area (Å²) in [6.07, 6.45) is 4.84. The van der Waals surface area contributed by atoms with Gasteiger partial charge < -0.3 is 5.73 Å². The topological polar surface area (TPSA) is 56.0 Å². The van der Waals surface area contributed by atoms with E-state index in [1.54, 1.807) is 6.20 Å². The third-order valence-corrected chi connectivity index (χ3v) is 4.36. The fourth-order valence-corrected chi connectivity index (χ4v) is 3.42. The van der Waals surface area contributed by atoms with Crippen molar-refractivity contribution in [3.63, 3.8) is 0 Å². The van der Waals surface area contributed by atoms with Crippen LogP contribution in [0.2, 0.25) is 0 Å². The van der Waals surface area contributed by atoms with Crippen LogP contribution in [0.1, 0.15) is 45.9 Å². The van der Waals surface area contributed by atoms with Crippen molar-refractivity contribution < 1.29 is 4.79 Å². The number of nitrogens with two attached hydrogens (primary N) is 1. The molecule has 0 saturated carbocycles. The summed E-state index contributed by atoms with van der Waals surface area (Å²) in [5, 5.41) is 0. The van der Waals surface area contributed by atoms with Gasteiger partial charge in [-0.15, -0.1) is 0 Å². The van der Waals surface area contributed by atoms with Crippen LogP contribution in [-0.4, -0.2) is 10.9 Å². The Morgan fingerprint density at radius 3 is 2.95 bits per heavy atom. The molecule has 3 rings (SSSR count). The molecule has 0 bridgehead atoms. The Labute approximate surface area is 126 Å². The van der Waals surface area contributed by atoms with Crippen molar-refractivity contribution in [3.05, 3.63) is 63.4 Å². The molecule has 1 amide bonds. The van der Waals surface area contributed by atoms with Crippen LogP contribution < -0.4 is 5.73 Å². The van der Waals surface area contributed by atoms with Gasteiger partial charge in [0.1, 0.15) is 5.69 Å². The lowest BCUT2D eigenvalue weighted by Gasteiger charge is -2.27. The Hall–Kier alpha value is -1.68. The van der Waals surface area contributed by atoms with Crippen LogP contribution in [0.25, 0.3) is 0 Å². The van der Waals surface area contributed by atoms with E-state index in [0.717, 1.165) is 29.3 Å². The number of hydrogen-bond donors (Lipinski definition) is 1. The van der Waals surface area contributed by atoms with Gasteiger partial charge in [-0.05, 0) is 54.2 Å². The van der Waals surface area contributed by atoms with Crippen LogP contribution in [0.15, 0.2) is 41.0 Å². The molecule has 1 heterocycles. The number of pyridine rings is 1. The first kappa shape index (κ1) is 13.3. The maximum Gasteiger partial charge on any atom is 0.267 e. The van der Waals surface area contributed by atoms with E-state index < -0.39 is 5.91 Å². The smallest absolute Gasteiger partial charge is 0.267 e. The largest absolute Gasteiger partial charge is 0.364 e. The molecular formula is C16H15BrN2O. The molecule has 1 aromatic heterocycles. The highest BCUT2D eigenvalue weighted by molar-refractivity contribution is 9.10. The zero-order valence-corrected chi connectivity index (χ0v) is 12.6. The first-order valence-corrected chi connectivity index (χ1v) is 7.49. The lowest BCUT2D eigenvalue weighted by molar-refractivity contribution is 0.0994. The number of aromatic nitrogens is 1. The van der Waals surface area contributed by atoms with E-state index in [-0.39, 0.29) is 5.92 Å². The fraction of sp³-hybridized carbons (Fsp3) is 0.250. The van der Waals surface area contributed by atoms with Crippen LogP contribution in [0.3, 0.4) is 0 Å². The molecule has 0 aliphatic heterocycles. The van der Waals surface area contributed by atoms with Gasteiger partial charge in [0.2, 0.25) is 0 Å². The summed E-state index contributed by atoms with van der Waals surface area (Å²) >= 11 is 3.52. The molecule has 1 aromatic carbocycles. The third-order valence-electron chi connectivity index (χ3n) is 3.87. The predicted molar refractivity (Wildman–Crippen MR) is 81.7 cm³/mol. The second kappa shape index (κ2) is 5.37. The number of amides is 1. The molecule has 2 N–H and O–H groups in total. The quantitative estimate of drug-likeness (QED) is 0.917. The molecule has 2 aromatic rings. The normalized spacial score (nSPS) is 17.6. The summed E-state index contributed by atoms with van der Waals surface area (Å²) in [4.78, 5) is 15.7. The number of halogens is 1. The number of carbonyl (C=O) groups is 1. The molecule has 1 atom stereocenters. The summed E-state index contributed by atoms with van der Waals surface area (Å²) in [6, 6.07) is 10.2. The average molecular weight is 331 g/mol. The van der Waals surface area contributed by atoms with E-state index in [1.165, 1.54) is 11.1 Å². The molecule has 3 nitrogen and oxygen atoms in total. The summed E-state index contributed by atoms with van der Waals surface area (Å²) < 4.78 is 1.10. The number of fused-ring (bicyclic) bond motifs is 1. The number of rotatable bonds is 2. The molecule has 0 saturated heterocycles. The minimum Gasteiger partial charge on any atom is -0.364 e. The Balaban J connectivity index is 2.12.